The van der Waals surface area contributed by atoms with Crippen LogP contribution in [0.5, 0.6) is 0 Å². The van der Waals surface area contributed by atoms with Crippen LogP contribution in [0.25, 0.3) is 0 Å². The average molecular weight is 226 g/mol. The molecule has 0 aromatic rings. The molecule has 4 heteroatoms. The molecule has 1 heterocycles. The highest BCUT2D eigenvalue weighted by molar-refractivity contribution is 5.81. The van der Waals surface area contributed by atoms with E-state index in [1.807, 2.05) is 0 Å². The summed E-state index contributed by atoms with van der Waals surface area (Å²) in [7, 11) is 0. The summed E-state index contributed by atoms with van der Waals surface area (Å²) < 4.78 is 5.46. The quantitative estimate of drug-likeness (QED) is 0.655. The second-order valence-corrected chi connectivity index (χ2v) is 4.81. The van der Waals surface area contributed by atoms with Crippen LogP contribution in [0.1, 0.15) is 32.1 Å². The zero-order valence-corrected chi connectivity index (χ0v) is 9.84. The standard InChI is InChI=1S/C12H22N2O2/c15-12(11-3-1-2-6-13-11)14-7-8-16-9-10-4-5-10/h10-11,13H,1-9H2,(H,14,15)/t11-/m1/s1. The average Bonchev–Trinajstić information content (AvgIpc) is 3.13. The molecule has 2 rings (SSSR count). The molecule has 0 aromatic carbocycles. The van der Waals surface area contributed by atoms with Crippen LogP contribution >= 0.6 is 0 Å². The topological polar surface area (TPSA) is 50.4 Å². The van der Waals surface area contributed by atoms with Crippen molar-refractivity contribution < 1.29 is 9.53 Å². The SMILES string of the molecule is O=C(NCCOCC1CC1)[C@H]1CCCCN1. The molecule has 1 amide bonds. The fourth-order valence-electron chi connectivity index (χ4n) is 1.98. The third-order valence-corrected chi connectivity index (χ3v) is 3.22. The normalized spacial score (nSPS) is 25.4. The molecule has 0 radical (unpaired) electrons. The van der Waals surface area contributed by atoms with Crippen LogP contribution in [0, 0.1) is 5.92 Å². The zero-order chi connectivity index (χ0) is 11.2. The van der Waals surface area contributed by atoms with Gasteiger partial charge in [-0.25, -0.2) is 0 Å². The molecule has 16 heavy (non-hydrogen) atoms. The number of ether oxygens (including phenoxy) is 1. The van der Waals surface area contributed by atoms with Crippen molar-refractivity contribution in [3.8, 4) is 0 Å². The van der Waals surface area contributed by atoms with Crippen molar-refractivity contribution in [1.82, 2.24) is 10.6 Å². The summed E-state index contributed by atoms with van der Waals surface area (Å²) in [5.41, 5.74) is 0. The molecule has 1 aliphatic heterocycles. The van der Waals surface area contributed by atoms with Crippen LogP contribution in [0.4, 0.5) is 0 Å². The highest BCUT2D eigenvalue weighted by Crippen LogP contribution is 2.28. The van der Waals surface area contributed by atoms with Crippen LogP contribution in [0.2, 0.25) is 0 Å². The highest BCUT2D eigenvalue weighted by Gasteiger charge is 2.21. The summed E-state index contributed by atoms with van der Waals surface area (Å²) in [6, 6.07) is 0.0252. The Hall–Kier alpha value is -0.610. The number of rotatable bonds is 6. The fraction of sp³-hybridized carbons (Fsp3) is 0.917. The molecule has 2 aliphatic rings. The lowest BCUT2D eigenvalue weighted by Gasteiger charge is -2.22. The number of carbonyl (C=O) groups excluding carboxylic acids is 1. The Morgan fingerprint density at radius 1 is 1.31 bits per heavy atom. The van der Waals surface area contributed by atoms with Gasteiger partial charge in [0, 0.05) is 13.2 Å². The largest absolute Gasteiger partial charge is 0.379 e. The van der Waals surface area contributed by atoms with Gasteiger partial charge in [-0.15, -0.1) is 0 Å². The van der Waals surface area contributed by atoms with E-state index >= 15 is 0 Å². The van der Waals surface area contributed by atoms with Gasteiger partial charge in [0.2, 0.25) is 5.91 Å². The van der Waals surface area contributed by atoms with Crippen LogP contribution in [0.3, 0.4) is 0 Å². The van der Waals surface area contributed by atoms with Gasteiger partial charge in [0.1, 0.15) is 0 Å². The molecule has 0 aromatic heterocycles. The van der Waals surface area contributed by atoms with Gasteiger partial charge in [0.15, 0.2) is 0 Å². The molecule has 1 atom stereocenters. The number of nitrogens with one attached hydrogen (secondary N) is 2. The van der Waals surface area contributed by atoms with Crippen molar-refractivity contribution >= 4 is 5.91 Å². The Labute approximate surface area is 97.1 Å². The molecule has 0 bridgehead atoms. The Kier molecular flexibility index (Phi) is 4.60. The van der Waals surface area contributed by atoms with E-state index in [1.54, 1.807) is 0 Å². The maximum absolute atomic E-state index is 11.7. The molecular weight excluding hydrogens is 204 g/mol. The van der Waals surface area contributed by atoms with Crippen LogP contribution in [-0.2, 0) is 9.53 Å². The van der Waals surface area contributed by atoms with E-state index in [1.165, 1.54) is 19.3 Å². The van der Waals surface area contributed by atoms with E-state index in [0.717, 1.165) is 31.9 Å². The van der Waals surface area contributed by atoms with Crippen LogP contribution in [-0.4, -0.2) is 38.3 Å². The fourth-order valence-corrected chi connectivity index (χ4v) is 1.98. The minimum atomic E-state index is 0.0252. The Morgan fingerprint density at radius 3 is 2.88 bits per heavy atom. The number of hydrogen-bond donors (Lipinski definition) is 2. The van der Waals surface area contributed by atoms with E-state index in [-0.39, 0.29) is 11.9 Å². The minimum absolute atomic E-state index is 0.0252. The van der Waals surface area contributed by atoms with Gasteiger partial charge in [-0.2, -0.15) is 0 Å². The molecule has 2 N–H and O–H groups in total. The molecule has 2 fully saturated rings. The Morgan fingerprint density at radius 2 is 2.19 bits per heavy atom. The van der Waals surface area contributed by atoms with Gasteiger partial charge in [0.05, 0.1) is 12.6 Å². The summed E-state index contributed by atoms with van der Waals surface area (Å²) in [4.78, 5) is 11.7. The molecule has 4 nitrogen and oxygen atoms in total. The monoisotopic (exact) mass is 226 g/mol. The number of amides is 1. The lowest BCUT2D eigenvalue weighted by molar-refractivity contribution is -0.123. The number of carbonyl (C=O) groups is 1. The molecule has 1 saturated heterocycles. The first-order chi connectivity index (χ1) is 7.86. The number of piperidine rings is 1. The van der Waals surface area contributed by atoms with Crippen molar-refractivity contribution in [2.75, 3.05) is 26.3 Å². The molecule has 92 valence electrons. The summed E-state index contributed by atoms with van der Waals surface area (Å²) in [5, 5.41) is 6.16. The lowest BCUT2D eigenvalue weighted by Crippen LogP contribution is -2.47. The summed E-state index contributed by atoms with van der Waals surface area (Å²) >= 11 is 0. The predicted molar refractivity (Wildman–Crippen MR) is 62.2 cm³/mol. The smallest absolute Gasteiger partial charge is 0.237 e. The molecular formula is C12H22N2O2. The second kappa shape index (κ2) is 6.21. The first-order valence-corrected chi connectivity index (χ1v) is 6.45. The third kappa shape index (κ3) is 4.10. The van der Waals surface area contributed by atoms with E-state index < -0.39 is 0 Å². The first kappa shape index (κ1) is 11.9. The van der Waals surface area contributed by atoms with Crippen molar-refractivity contribution in [3.63, 3.8) is 0 Å². The Bertz CT molecular complexity index is 223. The lowest BCUT2D eigenvalue weighted by atomic mass is 10.0. The van der Waals surface area contributed by atoms with Crippen molar-refractivity contribution in [1.29, 1.82) is 0 Å². The molecule has 0 unspecified atom stereocenters. The summed E-state index contributed by atoms with van der Waals surface area (Å²) in [6.07, 6.45) is 5.95. The molecule has 0 spiro atoms. The van der Waals surface area contributed by atoms with Gasteiger partial charge in [-0.1, -0.05) is 6.42 Å². The van der Waals surface area contributed by atoms with Gasteiger partial charge in [-0.3, -0.25) is 4.79 Å². The van der Waals surface area contributed by atoms with E-state index in [2.05, 4.69) is 10.6 Å². The number of hydrogen-bond acceptors (Lipinski definition) is 3. The predicted octanol–water partition coefficient (Wildman–Crippen LogP) is 0.671. The first-order valence-electron chi connectivity index (χ1n) is 6.45. The maximum Gasteiger partial charge on any atom is 0.237 e. The van der Waals surface area contributed by atoms with Crippen molar-refractivity contribution in [2.24, 2.45) is 5.92 Å². The maximum atomic E-state index is 11.7. The van der Waals surface area contributed by atoms with Gasteiger partial charge in [-0.05, 0) is 38.1 Å². The van der Waals surface area contributed by atoms with E-state index in [0.29, 0.717) is 13.2 Å². The summed E-state index contributed by atoms with van der Waals surface area (Å²) in [6.45, 7) is 3.13. The van der Waals surface area contributed by atoms with E-state index in [4.69, 9.17) is 4.74 Å². The van der Waals surface area contributed by atoms with E-state index in [9.17, 15) is 4.79 Å². The minimum Gasteiger partial charge on any atom is -0.379 e. The Balaban J connectivity index is 1.48. The second-order valence-electron chi connectivity index (χ2n) is 4.81. The van der Waals surface area contributed by atoms with Gasteiger partial charge in [0.25, 0.3) is 0 Å². The zero-order valence-electron chi connectivity index (χ0n) is 9.84. The van der Waals surface area contributed by atoms with Crippen LogP contribution < -0.4 is 10.6 Å². The van der Waals surface area contributed by atoms with Crippen molar-refractivity contribution in [2.45, 2.75) is 38.1 Å². The molecule has 1 aliphatic carbocycles. The highest BCUT2D eigenvalue weighted by atomic mass is 16.5. The third-order valence-electron chi connectivity index (χ3n) is 3.22. The van der Waals surface area contributed by atoms with Crippen LogP contribution in [0.15, 0.2) is 0 Å². The van der Waals surface area contributed by atoms with Gasteiger partial charge < -0.3 is 15.4 Å². The molecule has 1 saturated carbocycles. The summed E-state index contributed by atoms with van der Waals surface area (Å²) in [5.74, 6) is 0.936. The van der Waals surface area contributed by atoms with Gasteiger partial charge >= 0.3 is 0 Å². The van der Waals surface area contributed by atoms with Crippen molar-refractivity contribution in [3.05, 3.63) is 0 Å².